The number of carbonyl (C=O) groups excluding carboxylic acids is 10. The third kappa shape index (κ3) is 24.8. The van der Waals surface area contributed by atoms with E-state index >= 15 is 0 Å². The van der Waals surface area contributed by atoms with Crippen LogP contribution in [-0.2, 0) is 60.8 Å². The molecular weight excluding hydrogens is 1070 g/mol. The van der Waals surface area contributed by atoms with E-state index in [0.29, 0.717) is 11.1 Å². The maximum Gasteiger partial charge on any atom is 0.243 e. The molecule has 0 aliphatic carbocycles. The molecule has 0 aromatic heterocycles. The Morgan fingerprint density at radius 3 is 0.631 bits per heavy atom. The summed E-state index contributed by atoms with van der Waals surface area (Å²) in [4.78, 5) is 146. The second-order valence-corrected chi connectivity index (χ2v) is 26.1. The van der Waals surface area contributed by atoms with Crippen molar-refractivity contribution >= 4 is 59.1 Å². The Labute approximate surface area is 500 Å². The van der Waals surface area contributed by atoms with Gasteiger partial charge in [-0.1, -0.05) is 171 Å². The molecule has 0 unspecified atom stereocenters. The lowest BCUT2D eigenvalue weighted by Gasteiger charge is -2.31. The third-order valence-electron chi connectivity index (χ3n) is 14.4. The van der Waals surface area contributed by atoms with Gasteiger partial charge in [0.2, 0.25) is 59.1 Å². The van der Waals surface area contributed by atoms with Gasteiger partial charge in [0.05, 0.1) is 0 Å². The van der Waals surface area contributed by atoms with Gasteiger partial charge >= 0.3 is 0 Å². The van der Waals surface area contributed by atoms with Crippen molar-refractivity contribution in [1.82, 2.24) is 53.2 Å². The number of benzene rings is 2. The summed E-state index contributed by atoms with van der Waals surface area (Å²) in [6.45, 7) is 29.4. The van der Waals surface area contributed by atoms with Gasteiger partial charge in [-0.05, 0) is 97.0 Å². The molecule has 10 N–H and O–H groups in total. The Hall–Kier alpha value is -6.86. The van der Waals surface area contributed by atoms with E-state index in [1.165, 1.54) is 0 Å². The molecule has 1 aliphatic rings. The first kappa shape index (κ1) is 71.4. The van der Waals surface area contributed by atoms with E-state index in [0.717, 1.165) is 0 Å². The van der Waals surface area contributed by atoms with Crippen molar-refractivity contribution in [2.45, 2.75) is 223 Å². The molecule has 0 radical (unpaired) electrons. The van der Waals surface area contributed by atoms with Crippen molar-refractivity contribution in [3.05, 3.63) is 71.8 Å². The van der Waals surface area contributed by atoms with E-state index in [-0.39, 0.29) is 86.9 Å². The lowest BCUT2D eigenvalue weighted by atomic mass is 9.96. The zero-order valence-electron chi connectivity index (χ0n) is 52.9. The quantitative estimate of drug-likeness (QED) is 0.0961. The van der Waals surface area contributed by atoms with Crippen LogP contribution in [-0.4, -0.2) is 119 Å². The van der Waals surface area contributed by atoms with Crippen LogP contribution in [0.4, 0.5) is 0 Å². The number of carbonyl (C=O) groups is 10. The molecule has 3 rings (SSSR count). The van der Waals surface area contributed by atoms with Gasteiger partial charge in [-0.15, -0.1) is 0 Å². The summed E-state index contributed by atoms with van der Waals surface area (Å²) in [6, 6.07) is 5.81. The van der Waals surface area contributed by atoms with Gasteiger partial charge in [0.15, 0.2) is 0 Å². The largest absolute Gasteiger partial charge is 0.343 e. The van der Waals surface area contributed by atoms with E-state index in [2.05, 4.69) is 53.2 Å². The summed E-state index contributed by atoms with van der Waals surface area (Å²) in [5, 5.41) is 28.6. The van der Waals surface area contributed by atoms with Gasteiger partial charge in [0, 0.05) is 12.8 Å². The van der Waals surface area contributed by atoms with Crippen molar-refractivity contribution in [3.63, 3.8) is 0 Å². The van der Waals surface area contributed by atoms with Gasteiger partial charge in [0.1, 0.15) is 60.4 Å². The molecule has 2 aromatic rings. The molecule has 10 amide bonds. The molecule has 0 saturated carbocycles. The summed E-state index contributed by atoms with van der Waals surface area (Å²) in [6.07, 6.45) is 0.827. The van der Waals surface area contributed by atoms with Crippen molar-refractivity contribution < 1.29 is 47.9 Å². The molecular formula is C64H102N10O10. The smallest absolute Gasteiger partial charge is 0.243 e. The highest BCUT2D eigenvalue weighted by Gasteiger charge is 2.39. The molecule has 10 atom stereocenters. The van der Waals surface area contributed by atoms with Crippen LogP contribution in [0.2, 0.25) is 0 Å². The molecule has 20 nitrogen and oxygen atoms in total. The summed E-state index contributed by atoms with van der Waals surface area (Å²) in [5.41, 5.74) is 1.38. The highest BCUT2D eigenvalue weighted by molar-refractivity contribution is 5.99. The molecule has 1 fully saturated rings. The molecule has 20 heteroatoms. The molecule has 1 heterocycles. The standard InChI is InChI=1S/C64H102N10O10/c1-35(2)27-45-55(75)67-49(31-39(9)10)61(81)73-53(41(13)14)63(83)72-48(30-38(7)8)58(78)70-52(34-44-25-21-18-22-26-44)60(80)66-46(28-36(3)4)56(76)68-50(32-40(11)12)62(82)74-54(42(15)16)64(84)71-47(29-37(5)6)57(77)69-51(59(79)65-45)33-43-23-19-17-20-24-43/h17-26,35-42,45-54H,27-34H2,1-16H3,(H,65,79)(H,66,80)(H,67,75)(H,68,76)(H,69,77)(H,70,78)(H,71,84)(H,72,83)(H,73,81)(H,74,82)/t45-,46-,47+,48+,49-,50-,51+,52+,53-,54-/m0/s1. The second kappa shape index (κ2) is 34.8. The maximum absolute atomic E-state index is 14.7. The number of hydrogen-bond acceptors (Lipinski definition) is 10. The van der Waals surface area contributed by atoms with E-state index in [9.17, 15) is 47.9 Å². The Bertz CT molecular complexity index is 2310. The normalized spacial score (nSPS) is 25.0. The van der Waals surface area contributed by atoms with Crippen LogP contribution in [0.1, 0.15) is 160 Å². The lowest BCUT2D eigenvalue weighted by molar-refractivity contribution is -0.137. The van der Waals surface area contributed by atoms with Crippen LogP contribution in [0.25, 0.3) is 0 Å². The van der Waals surface area contributed by atoms with Crippen molar-refractivity contribution in [2.24, 2.45) is 47.3 Å². The fraction of sp³-hybridized carbons (Fsp3) is 0.656. The Balaban J connectivity index is 2.29. The van der Waals surface area contributed by atoms with E-state index in [1.807, 2.05) is 95.2 Å². The summed E-state index contributed by atoms with van der Waals surface area (Å²) < 4.78 is 0. The van der Waals surface area contributed by atoms with Crippen LogP contribution in [0.5, 0.6) is 0 Å². The topological polar surface area (TPSA) is 291 Å². The first-order valence-corrected chi connectivity index (χ1v) is 30.5. The number of rotatable bonds is 18. The minimum absolute atomic E-state index is 0.00287. The Morgan fingerprint density at radius 1 is 0.250 bits per heavy atom. The summed E-state index contributed by atoms with van der Waals surface area (Å²) in [7, 11) is 0. The van der Waals surface area contributed by atoms with Gasteiger partial charge in [-0.25, -0.2) is 0 Å². The predicted octanol–water partition coefficient (Wildman–Crippen LogP) is 4.92. The van der Waals surface area contributed by atoms with Crippen LogP contribution in [0.3, 0.4) is 0 Å². The van der Waals surface area contributed by atoms with Crippen molar-refractivity contribution in [3.8, 4) is 0 Å². The van der Waals surface area contributed by atoms with E-state index in [1.54, 1.807) is 76.2 Å². The van der Waals surface area contributed by atoms with E-state index < -0.39 is 131 Å². The average molecular weight is 1170 g/mol. The Morgan fingerprint density at radius 2 is 0.429 bits per heavy atom. The fourth-order valence-corrected chi connectivity index (χ4v) is 10.1. The van der Waals surface area contributed by atoms with Crippen molar-refractivity contribution in [1.29, 1.82) is 0 Å². The first-order chi connectivity index (χ1) is 39.3. The summed E-state index contributed by atoms with van der Waals surface area (Å²) in [5.74, 6) is -8.73. The lowest BCUT2D eigenvalue weighted by Crippen LogP contribution is -2.62. The zero-order valence-corrected chi connectivity index (χ0v) is 52.9. The van der Waals surface area contributed by atoms with Crippen LogP contribution in [0, 0.1) is 47.3 Å². The fourth-order valence-electron chi connectivity index (χ4n) is 10.1. The second-order valence-electron chi connectivity index (χ2n) is 26.1. The highest BCUT2D eigenvalue weighted by atomic mass is 16.2. The van der Waals surface area contributed by atoms with Gasteiger partial charge in [-0.2, -0.15) is 0 Å². The maximum atomic E-state index is 14.7. The third-order valence-corrected chi connectivity index (χ3v) is 14.4. The number of amides is 10. The minimum atomic E-state index is -1.27. The van der Waals surface area contributed by atoms with Gasteiger partial charge in [-0.3, -0.25) is 47.9 Å². The molecule has 1 saturated heterocycles. The van der Waals surface area contributed by atoms with Gasteiger partial charge in [0.25, 0.3) is 0 Å². The first-order valence-electron chi connectivity index (χ1n) is 30.5. The predicted molar refractivity (Wildman–Crippen MR) is 326 cm³/mol. The van der Waals surface area contributed by atoms with Crippen LogP contribution < -0.4 is 53.2 Å². The molecule has 468 valence electrons. The molecule has 0 bridgehead atoms. The number of hydrogen-bond donors (Lipinski definition) is 10. The minimum Gasteiger partial charge on any atom is -0.343 e. The highest BCUT2D eigenvalue weighted by Crippen LogP contribution is 2.17. The molecule has 0 spiro atoms. The molecule has 1 aliphatic heterocycles. The zero-order chi connectivity index (χ0) is 63.1. The van der Waals surface area contributed by atoms with Gasteiger partial charge < -0.3 is 53.2 Å². The SMILES string of the molecule is CC(C)C[C@@H]1NC(=O)[C@H](CC(C)C)NC(=O)[C@@H](Cc2ccccc2)NC(=O)[C@@H](CC(C)C)NC(=O)[C@H](C(C)C)NC(=O)[C@H](CC(C)C)NC(=O)[C@H](CC(C)C)NC(=O)[C@@H](Cc2ccccc2)NC(=O)[C@@H](CC(C)C)NC(=O)[C@H](C(C)C)NC1=O. The molecule has 84 heavy (non-hydrogen) atoms. The number of nitrogens with one attached hydrogen (secondary N) is 10. The van der Waals surface area contributed by atoms with Crippen LogP contribution in [0.15, 0.2) is 60.7 Å². The van der Waals surface area contributed by atoms with Crippen molar-refractivity contribution in [2.75, 3.05) is 0 Å². The summed E-state index contributed by atoms with van der Waals surface area (Å²) >= 11 is 0. The Kier molecular flexibility index (Phi) is 29.6. The monoisotopic (exact) mass is 1170 g/mol. The molecule has 2 aromatic carbocycles. The average Bonchev–Trinajstić information content (AvgIpc) is 3.40. The van der Waals surface area contributed by atoms with E-state index in [4.69, 9.17) is 0 Å². The van der Waals surface area contributed by atoms with Crippen LogP contribution >= 0.6 is 0 Å².